The van der Waals surface area contributed by atoms with E-state index in [1.807, 2.05) is 13.8 Å². The summed E-state index contributed by atoms with van der Waals surface area (Å²) in [4.78, 5) is 14.3. The van der Waals surface area contributed by atoms with Gasteiger partial charge < -0.3 is 10.2 Å². The van der Waals surface area contributed by atoms with Gasteiger partial charge in [-0.05, 0) is 46.7 Å². The van der Waals surface area contributed by atoms with Crippen LogP contribution in [0.2, 0.25) is 0 Å². The number of rotatable bonds is 5. The predicted molar refractivity (Wildman–Crippen MR) is 67.8 cm³/mol. The topological polar surface area (TPSA) is 32.3 Å². The highest BCUT2D eigenvalue weighted by Gasteiger charge is 2.27. The molecule has 4 heteroatoms. The third kappa shape index (κ3) is 3.95. The summed E-state index contributed by atoms with van der Waals surface area (Å²) in [5.41, 5.74) is -0.471. The van der Waals surface area contributed by atoms with Gasteiger partial charge in [0.05, 0.1) is 5.41 Å². The molecule has 1 heterocycles. The van der Waals surface area contributed by atoms with E-state index in [2.05, 4.69) is 17.1 Å². The van der Waals surface area contributed by atoms with Crippen LogP contribution in [0.4, 0.5) is 0 Å². The van der Waals surface area contributed by atoms with Crippen LogP contribution in [0.5, 0.6) is 0 Å². The van der Waals surface area contributed by atoms with Crippen molar-refractivity contribution in [1.29, 1.82) is 0 Å². The second-order valence-electron chi connectivity index (χ2n) is 5.40. The fraction of sp³-hybridized carbons (Fsp3) is 0.917. The van der Waals surface area contributed by atoms with Crippen LogP contribution >= 0.6 is 11.6 Å². The number of hydrogen-bond acceptors (Lipinski definition) is 2. The Morgan fingerprint density at radius 1 is 1.44 bits per heavy atom. The summed E-state index contributed by atoms with van der Waals surface area (Å²) >= 11 is 5.77. The maximum absolute atomic E-state index is 11.9. The number of carbonyl (C=O) groups is 1. The van der Waals surface area contributed by atoms with Crippen LogP contribution in [-0.4, -0.2) is 42.4 Å². The molecule has 1 amide bonds. The molecular formula is C12H23ClN2O. The normalized spacial score (nSPS) is 19.8. The van der Waals surface area contributed by atoms with E-state index in [4.69, 9.17) is 11.6 Å². The van der Waals surface area contributed by atoms with Gasteiger partial charge in [-0.25, -0.2) is 0 Å². The summed E-state index contributed by atoms with van der Waals surface area (Å²) in [5.74, 6) is 0.407. The van der Waals surface area contributed by atoms with Gasteiger partial charge in [-0.3, -0.25) is 4.79 Å². The molecule has 3 nitrogen and oxygen atoms in total. The van der Waals surface area contributed by atoms with Crippen LogP contribution in [0.3, 0.4) is 0 Å². The zero-order chi connectivity index (χ0) is 12.2. The maximum Gasteiger partial charge on any atom is 0.227 e. The molecule has 94 valence electrons. The summed E-state index contributed by atoms with van der Waals surface area (Å²) in [6.07, 6.45) is 2.57. The Bertz CT molecular complexity index is 237. The molecule has 0 aromatic heterocycles. The fourth-order valence-corrected chi connectivity index (χ4v) is 2.00. The molecule has 0 aromatic rings. The van der Waals surface area contributed by atoms with E-state index in [0.717, 1.165) is 6.54 Å². The van der Waals surface area contributed by atoms with E-state index < -0.39 is 5.41 Å². The van der Waals surface area contributed by atoms with Crippen LogP contribution < -0.4 is 5.32 Å². The molecule has 1 rings (SSSR count). The second-order valence-corrected chi connectivity index (χ2v) is 5.67. The van der Waals surface area contributed by atoms with E-state index in [-0.39, 0.29) is 11.9 Å². The Morgan fingerprint density at radius 2 is 2.00 bits per heavy atom. The van der Waals surface area contributed by atoms with Gasteiger partial charge in [-0.2, -0.15) is 0 Å². The molecule has 1 aliphatic rings. The predicted octanol–water partition coefficient (Wildman–Crippen LogP) is 1.85. The molecule has 1 saturated heterocycles. The van der Waals surface area contributed by atoms with Crippen molar-refractivity contribution < 1.29 is 4.79 Å². The van der Waals surface area contributed by atoms with E-state index in [1.54, 1.807) is 0 Å². The van der Waals surface area contributed by atoms with Gasteiger partial charge >= 0.3 is 0 Å². The number of likely N-dealkylation sites (tertiary alicyclic amines) is 1. The first-order chi connectivity index (χ1) is 7.45. The van der Waals surface area contributed by atoms with Gasteiger partial charge in [0.1, 0.15) is 0 Å². The minimum Gasteiger partial charge on any atom is -0.352 e. The molecule has 1 fully saturated rings. The summed E-state index contributed by atoms with van der Waals surface area (Å²) in [5, 5.41) is 3.03. The average molecular weight is 247 g/mol. The number of carbonyl (C=O) groups excluding carboxylic acids is 1. The number of amides is 1. The number of nitrogens with zero attached hydrogens (tertiary/aromatic N) is 1. The first kappa shape index (κ1) is 13.8. The Hall–Kier alpha value is -0.280. The number of hydrogen-bond donors (Lipinski definition) is 1. The van der Waals surface area contributed by atoms with Crippen LogP contribution in [0, 0.1) is 5.41 Å². The maximum atomic E-state index is 11.9. The summed E-state index contributed by atoms with van der Waals surface area (Å²) in [6, 6.07) is 0.202. The monoisotopic (exact) mass is 246 g/mol. The lowest BCUT2D eigenvalue weighted by Gasteiger charge is -2.26. The molecule has 0 saturated carbocycles. The third-order valence-electron chi connectivity index (χ3n) is 3.06. The van der Waals surface area contributed by atoms with E-state index >= 15 is 0 Å². The zero-order valence-corrected chi connectivity index (χ0v) is 11.3. The second kappa shape index (κ2) is 5.87. The Morgan fingerprint density at radius 3 is 2.50 bits per heavy atom. The molecule has 0 aromatic carbocycles. The Labute approximate surface area is 104 Å². The SMILES string of the molecule is CC(CN1CCCC1)NC(=O)C(C)(C)CCl. The van der Waals surface area contributed by atoms with Crippen molar-refractivity contribution in [1.82, 2.24) is 10.2 Å². The standard InChI is InChI=1S/C12H23ClN2O/c1-10(8-15-6-4-5-7-15)14-11(16)12(2,3)9-13/h10H,4-9H2,1-3H3,(H,14,16). The zero-order valence-electron chi connectivity index (χ0n) is 10.6. The van der Waals surface area contributed by atoms with Crippen LogP contribution in [0.1, 0.15) is 33.6 Å². The molecule has 1 unspecified atom stereocenters. The molecule has 1 N–H and O–H groups in total. The van der Waals surface area contributed by atoms with Gasteiger partial charge in [0.15, 0.2) is 0 Å². The van der Waals surface area contributed by atoms with Crippen molar-refractivity contribution in [3.05, 3.63) is 0 Å². The van der Waals surface area contributed by atoms with Crippen LogP contribution in [-0.2, 0) is 4.79 Å². The summed E-state index contributed by atoms with van der Waals surface area (Å²) < 4.78 is 0. The quantitative estimate of drug-likeness (QED) is 0.751. The first-order valence-corrected chi connectivity index (χ1v) is 6.58. The molecule has 1 aliphatic heterocycles. The van der Waals surface area contributed by atoms with E-state index in [9.17, 15) is 4.79 Å². The highest BCUT2D eigenvalue weighted by atomic mass is 35.5. The largest absolute Gasteiger partial charge is 0.352 e. The van der Waals surface area contributed by atoms with Gasteiger partial charge in [0.2, 0.25) is 5.91 Å². The highest BCUT2D eigenvalue weighted by Crippen LogP contribution is 2.17. The summed E-state index contributed by atoms with van der Waals surface area (Å²) in [7, 11) is 0. The average Bonchev–Trinajstić information content (AvgIpc) is 2.70. The Kier molecular flexibility index (Phi) is 5.06. The lowest BCUT2D eigenvalue weighted by Crippen LogP contribution is -2.46. The van der Waals surface area contributed by atoms with Crippen molar-refractivity contribution in [2.45, 2.75) is 39.7 Å². The lowest BCUT2D eigenvalue weighted by molar-refractivity contribution is -0.129. The van der Waals surface area contributed by atoms with Crippen molar-refractivity contribution in [2.75, 3.05) is 25.5 Å². The Balaban J connectivity index is 2.32. The number of alkyl halides is 1. The van der Waals surface area contributed by atoms with Gasteiger partial charge in [0, 0.05) is 18.5 Å². The molecule has 16 heavy (non-hydrogen) atoms. The van der Waals surface area contributed by atoms with Crippen molar-refractivity contribution in [3.8, 4) is 0 Å². The molecule has 1 atom stereocenters. The molecular weight excluding hydrogens is 224 g/mol. The first-order valence-electron chi connectivity index (χ1n) is 6.05. The van der Waals surface area contributed by atoms with E-state index in [0.29, 0.717) is 5.88 Å². The van der Waals surface area contributed by atoms with Gasteiger partial charge in [0.25, 0.3) is 0 Å². The smallest absolute Gasteiger partial charge is 0.227 e. The van der Waals surface area contributed by atoms with Gasteiger partial charge in [-0.1, -0.05) is 0 Å². The number of nitrogens with one attached hydrogen (secondary N) is 1. The van der Waals surface area contributed by atoms with Crippen LogP contribution in [0.25, 0.3) is 0 Å². The van der Waals surface area contributed by atoms with Crippen molar-refractivity contribution in [3.63, 3.8) is 0 Å². The summed E-state index contributed by atoms with van der Waals surface area (Å²) in [6.45, 7) is 9.08. The molecule has 0 radical (unpaired) electrons. The minimum absolute atomic E-state index is 0.0502. The molecule has 0 aliphatic carbocycles. The van der Waals surface area contributed by atoms with Crippen molar-refractivity contribution >= 4 is 17.5 Å². The van der Waals surface area contributed by atoms with E-state index in [1.165, 1.54) is 25.9 Å². The molecule has 0 spiro atoms. The van der Waals surface area contributed by atoms with Crippen LogP contribution in [0.15, 0.2) is 0 Å². The minimum atomic E-state index is -0.471. The fourth-order valence-electron chi connectivity index (χ4n) is 1.88. The van der Waals surface area contributed by atoms with Gasteiger partial charge in [-0.15, -0.1) is 11.6 Å². The molecule has 0 bridgehead atoms. The lowest BCUT2D eigenvalue weighted by atomic mass is 9.95. The number of halogens is 1. The highest BCUT2D eigenvalue weighted by molar-refractivity contribution is 6.19. The third-order valence-corrected chi connectivity index (χ3v) is 3.73. The van der Waals surface area contributed by atoms with Crippen molar-refractivity contribution in [2.24, 2.45) is 5.41 Å².